The molecule has 1 aromatic carbocycles. The third-order valence-electron chi connectivity index (χ3n) is 6.36. The summed E-state index contributed by atoms with van der Waals surface area (Å²) in [5, 5.41) is 2.87. The molecule has 1 aromatic rings. The van der Waals surface area contributed by atoms with Crippen LogP contribution >= 0.6 is 0 Å². The van der Waals surface area contributed by atoms with Crippen LogP contribution in [-0.4, -0.2) is 72.8 Å². The lowest BCUT2D eigenvalue weighted by Gasteiger charge is -2.45. The number of fused-ring (bicyclic) bond motifs is 1. The summed E-state index contributed by atoms with van der Waals surface area (Å²) in [6.45, 7) is 1.78. The number of carbonyl (C=O) groups is 2. The van der Waals surface area contributed by atoms with Gasteiger partial charge in [0, 0.05) is 13.1 Å². The van der Waals surface area contributed by atoms with Crippen molar-refractivity contribution in [3.8, 4) is 5.75 Å². The van der Waals surface area contributed by atoms with E-state index in [2.05, 4.69) is 5.32 Å². The van der Waals surface area contributed by atoms with Crippen LogP contribution in [0, 0.1) is 0 Å². The number of hydrogen-bond acceptors (Lipinski definition) is 4. The zero-order valence-electron chi connectivity index (χ0n) is 16.9. The highest BCUT2D eigenvalue weighted by Gasteiger charge is 2.41. The topological polar surface area (TPSA) is 71.1 Å². The highest BCUT2D eigenvalue weighted by molar-refractivity contribution is 5.79. The number of amides is 3. The molecule has 5 rings (SSSR count). The molecule has 0 unspecified atom stereocenters. The number of urea groups is 1. The summed E-state index contributed by atoms with van der Waals surface area (Å²) in [7, 11) is 0. The van der Waals surface area contributed by atoms with Crippen molar-refractivity contribution in [3.05, 3.63) is 29.3 Å². The summed E-state index contributed by atoms with van der Waals surface area (Å²) < 4.78 is 51.0. The number of rotatable bonds is 3. The van der Waals surface area contributed by atoms with Crippen LogP contribution in [0.2, 0.25) is 0 Å². The van der Waals surface area contributed by atoms with Gasteiger partial charge in [0.15, 0.2) is 0 Å². The second-order valence-electron chi connectivity index (χ2n) is 8.71. The van der Waals surface area contributed by atoms with E-state index in [1.165, 1.54) is 12.1 Å². The van der Waals surface area contributed by atoms with Crippen molar-refractivity contribution < 1.29 is 32.2 Å². The van der Waals surface area contributed by atoms with E-state index < -0.39 is 11.7 Å². The third kappa shape index (κ3) is 4.17. The van der Waals surface area contributed by atoms with Gasteiger partial charge >= 0.3 is 12.2 Å². The van der Waals surface area contributed by atoms with Gasteiger partial charge in [-0.15, -0.1) is 0 Å². The van der Waals surface area contributed by atoms with Gasteiger partial charge in [-0.3, -0.25) is 4.79 Å². The first-order valence-electron chi connectivity index (χ1n) is 10.6. The predicted octanol–water partition coefficient (Wildman–Crippen LogP) is 2.36. The summed E-state index contributed by atoms with van der Waals surface area (Å²) >= 11 is 0. The Morgan fingerprint density at radius 2 is 1.90 bits per heavy atom. The van der Waals surface area contributed by atoms with Gasteiger partial charge in [0.25, 0.3) is 0 Å². The first-order valence-corrected chi connectivity index (χ1v) is 10.6. The molecule has 0 bridgehead atoms. The summed E-state index contributed by atoms with van der Waals surface area (Å²) in [4.78, 5) is 27.6. The molecule has 1 saturated carbocycles. The van der Waals surface area contributed by atoms with Crippen LogP contribution in [0.15, 0.2) is 18.2 Å². The second kappa shape index (κ2) is 7.58. The lowest BCUT2D eigenvalue weighted by atomic mass is 10.0. The van der Waals surface area contributed by atoms with Crippen molar-refractivity contribution in [2.75, 3.05) is 32.8 Å². The highest BCUT2D eigenvalue weighted by atomic mass is 19.4. The molecule has 3 aliphatic heterocycles. The van der Waals surface area contributed by atoms with Crippen LogP contribution in [0.1, 0.15) is 36.3 Å². The largest absolute Gasteiger partial charge is 0.487 e. The van der Waals surface area contributed by atoms with Crippen LogP contribution in [-0.2, 0) is 15.7 Å². The fourth-order valence-electron chi connectivity index (χ4n) is 4.54. The maximum absolute atomic E-state index is 13.2. The fraction of sp³-hybridized carbons (Fsp3) is 0.619. The van der Waals surface area contributed by atoms with Crippen LogP contribution in [0.4, 0.5) is 18.0 Å². The van der Waals surface area contributed by atoms with Crippen molar-refractivity contribution in [2.45, 2.75) is 49.6 Å². The molecule has 31 heavy (non-hydrogen) atoms. The lowest BCUT2D eigenvalue weighted by molar-refractivity contribution is -0.140. The van der Waals surface area contributed by atoms with Crippen molar-refractivity contribution >= 4 is 11.9 Å². The van der Waals surface area contributed by atoms with E-state index >= 15 is 0 Å². The van der Waals surface area contributed by atoms with Gasteiger partial charge in [-0.1, -0.05) is 0 Å². The number of piperidine rings is 1. The van der Waals surface area contributed by atoms with Crippen LogP contribution in [0.25, 0.3) is 0 Å². The number of alkyl halides is 3. The molecule has 168 valence electrons. The monoisotopic (exact) mass is 439 g/mol. The first kappa shape index (κ1) is 20.4. The lowest BCUT2D eigenvalue weighted by Crippen LogP contribution is -2.65. The Labute approximate surface area is 177 Å². The van der Waals surface area contributed by atoms with Crippen molar-refractivity contribution in [3.63, 3.8) is 0 Å². The summed E-state index contributed by atoms with van der Waals surface area (Å²) in [5.74, 6) is 0.191. The Bertz CT molecular complexity index is 883. The number of morpholine rings is 1. The van der Waals surface area contributed by atoms with E-state index in [0.717, 1.165) is 18.9 Å². The maximum Gasteiger partial charge on any atom is 0.416 e. The van der Waals surface area contributed by atoms with Crippen LogP contribution < -0.4 is 10.1 Å². The highest BCUT2D eigenvalue weighted by Crippen LogP contribution is 2.47. The number of ether oxygens (including phenoxy) is 2. The van der Waals surface area contributed by atoms with Crippen molar-refractivity contribution in [1.29, 1.82) is 0 Å². The first-order chi connectivity index (χ1) is 14.8. The average molecular weight is 439 g/mol. The Kier molecular flexibility index (Phi) is 4.99. The molecule has 2 atom stereocenters. The van der Waals surface area contributed by atoms with Gasteiger partial charge in [0.1, 0.15) is 18.5 Å². The molecule has 7 nitrogen and oxygen atoms in total. The molecule has 3 heterocycles. The Morgan fingerprint density at radius 1 is 1.13 bits per heavy atom. The minimum atomic E-state index is -4.37. The minimum absolute atomic E-state index is 0.0492. The quantitative estimate of drug-likeness (QED) is 0.785. The molecular weight excluding hydrogens is 415 g/mol. The van der Waals surface area contributed by atoms with E-state index in [4.69, 9.17) is 9.47 Å². The van der Waals surface area contributed by atoms with E-state index in [0.29, 0.717) is 43.9 Å². The smallest absolute Gasteiger partial charge is 0.416 e. The zero-order valence-corrected chi connectivity index (χ0v) is 16.9. The van der Waals surface area contributed by atoms with E-state index in [1.54, 1.807) is 9.80 Å². The van der Waals surface area contributed by atoms with Gasteiger partial charge < -0.3 is 24.6 Å². The normalized spacial score (nSPS) is 26.7. The molecule has 3 amide bonds. The third-order valence-corrected chi connectivity index (χ3v) is 6.36. The van der Waals surface area contributed by atoms with Crippen molar-refractivity contribution in [1.82, 2.24) is 15.1 Å². The van der Waals surface area contributed by atoms with Gasteiger partial charge in [-0.2, -0.15) is 13.2 Å². The Hall–Kier alpha value is -2.49. The molecule has 3 saturated heterocycles. The Morgan fingerprint density at radius 3 is 2.61 bits per heavy atom. The summed E-state index contributed by atoms with van der Waals surface area (Å²) in [5.41, 5.74) is -0.285. The van der Waals surface area contributed by atoms with Gasteiger partial charge in [-0.05, 0) is 48.9 Å². The van der Waals surface area contributed by atoms with Crippen molar-refractivity contribution in [2.24, 2.45) is 0 Å². The molecule has 10 heteroatoms. The molecule has 1 aliphatic carbocycles. The standard InChI is InChI=1S/C21H24F3N3O4/c22-21(23,24)16-4-3-13(7-15(16)12-1-2-12)31-14-8-27(9-14)20(29)26-6-5-18-17(10-26)25-19(28)11-30-18/h3-4,7,12,14,17-18H,1-2,5-6,8-11H2,(H,25,28)/t17-,18+/m1/s1. The molecular formula is C21H24F3N3O4. The van der Waals surface area contributed by atoms with Crippen LogP contribution in [0.3, 0.4) is 0 Å². The molecule has 0 spiro atoms. The Balaban J connectivity index is 1.16. The SMILES string of the molecule is O=C1CO[C@H]2CCN(C(=O)N3CC(Oc4ccc(C(F)(F)F)c(C5CC5)c4)C3)C[C@H]2N1. The van der Waals surface area contributed by atoms with Crippen LogP contribution in [0.5, 0.6) is 5.75 Å². The number of halogens is 3. The van der Waals surface area contributed by atoms with Gasteiger partial charge in [-0.25, -0.2) is 4.79 Å². The summed E-state index contributed by atoms with van der Waals surface area (Å²) in [6.07, 6.45) is -2.48. The second-order valence-corrected chi connectivity index (χ2v) is 8.71. The minimum Gasteiger partial charge on any atom is -0.487 e. The zero-order chi connectivity index (χ0) is 21.8. The molecule has 0 radical (unpaired) electrons. The van der Waals surface area contributed by atoms with E-state index in [1.807, 2.05) is 0 Å². The molecule has 1 N–H and O–H groups in total. The van der Waals surface area contributed by atoms with E-state index in [-0.39, 0.29) is 42.7 Å². The molecule has 0 aromatic heterocycles. The number of nitrogens with zero attached hydrogens (tertiary/aromatic N) is 2. The molecule has 4 fully saturated rings. The fourth-order valence-corrected chi connectivity index (χ4v) is 4.54. The number of likely N-dealkylation sites (tertiary alicyclic amines) is 2. The predicted molar refractivity (Wildman–Crippen MR) is 103 cm³/mol. The average Bonchev–Trinajstić information content (AvgIpc) is 3.53. The van der Waals surface area contributed by atoms with E-state index in [9.17, 15) is 22.8 Å². The number of nitrogens with one attached hydrogen (secondary N) is 1. The maximum atomic E-state index is 13.2. The number of carbonyl (C=O) groups excluding carboxylic acids is 2. The summed E-state index contributed by atoms with van der Waals surface area (Å²) in [6, 6.07) is 3.64. The number of benzene rings is 1. The molecule has 4 aliphatic rings. The number of hydrogen-bond donors (Lipinski definition) is 1. The van der Waals surface area contributed by atoms with Gasteiger partial charge in [0.2, 0.25) is 5.91 Å². The van der Waals surface area contributed by atoms with Gasteiger partial charge in [0.05, 0.1) is 30.8 Å².